The van der Waals surface area contributed by atoms with E-state index in [9.17, 15) is 20.4 Å². The molecule has 11 atom stereocenters. The number of aliphatic hydroxyl groups is 4. The Kier molecular flexibility index (Phi) is 3.85. The summed E-state index contributed by atoms with van der Waals surface area (Å²) in [5.74, 6) is -4.70. The summed E-state index contributed by atoms with van der Waals surface area (Å²) in [6.45, 7) is 8.43. The number of aliphatic hydroxyl groups excluding tert-OH is 1. The molecule has 2 bridgehead atoms. The largest absolute Gasteiger partial charge is 0.392 e. The summed E-state index contributed by atoms with van der Waals surface area (Å²) in [5.41, 5.74) is 0.732. The summed E-state index contributed by atoms with van der Waals surface area (Å²) < 4.78 is 23.9. The quantitative estimate of drug-likeness (QED) is 0.431. The van der Waals surface area contributed by atoms with Gasteiger partial charge in [0.2, 0.25) is 0 Å². The fourth-order valence-electron chi connectivity index (χ4n) is 8.53. The van der Waals surface area contributed by atoms with Crippen molar-refractivity contribution >= 4 is 0 Å². The minimum absolute atomic E-state index is 0.102. The van der Waals surface area contributed by atoms with Gasteiger partial charge in [0, 0.05) is 10.8 Å². The average Bonchev–Trinajstić information content (AvgIpc) is 3.27. The normalized spacial score (nSPS) is 60.6. The lowest BCUT2D eigenvalue weighted by molar-refractivity contribution is -0.435. The minimum atomic E-state index is -2.34. The molecule has 8 heteroatoms. The molecule has 4 saturated heterocycles. The van der Waals surface area contributed by atoms with Crippen LogP contribution in [-0.2, 0) is 18.9 Å². The van der Waals surface area contributed by atoms with E-state index in [4.69, 9.17) is 18.9 Å². The van der Waals surface area contributed by atoms with Crippen molar-refractivity contribution in [3.8, 4) is 0 Å². The monoisotopic (exact) mass is 462 g/mol. The number of hydrogen-bond acceptors (Lipinski definition) is 8. The molecule has 182 valence electrons. The molecule has 0 aromatic rings. The third-order valence-electron chi connectivity index (χ3n) is 10.5. The molecule has 3 aliphatic carbocycles. The van der Waals surface area contributed by atoms with E-state index in [0.717, 1.165) is 12.8 Å². The first kappa shape index (κ1) is 21.4. The van der Waals surface area contributed by atoms with Crippen LogP contribution in [0.25, 0.3) is 0 Å². The van der Waals surface area contributed by atoms with Crippen molar-refractivity contribution in [2.75, 3.05) is 6.61 Å². The van der Waals surface area contributed by atoms with E-state index in [-0.39, 0.29) is 23.4 Å². The molecule has 0 aromatic carbocycles. The highest BCUT2D eigenvalue weighted by Gasteiger charge is 2.86. The van der Waals surface area contributed by atoms with Gasteiger partial charge in [-0.3, -0.25) is 0 Å². The van der Waals surface area contributed by atoms with Gasteiger partial charge in [-0.25, -0.2) is 0 Å². The van der Waals surface area contributed by atoms with Crippen LogP contribution in [0.5, 0.6) is 0 Å². The first-order chi connectivity index (χ1) is 15.4. The van der Waals surface area contributed by atoms with Gasteiger partial charge in [0.15, 0.2) is 18.2 Å². The van der Waals surface area contributed by atoms with Gasteiger partial charge in [0.1, 0.15) is 6.61 Å². The van der Waals surface area contributed by atoms with Crippen molar-refractivity contribution in [1.29, 1.82) is 0 Å². The molecular weight excluding hydrogens is 428 g/mol. The molecule has 1 unspecified atom stereocenters. The van der Waals surface area contributed by atoms with E-state index in [1.807, 2.05) is 0 Å². The molecule has 0 radical (unpaired) electrons. The number of ether oxygens (including phenoxy) is 4. The maximum Gasteiger partial charge on any atom is 0.261 e. The van der Waals surface area contributed by atoms with Crippen LogP contribution in [0.4, 0.5) is 0 Å². The van der Waals surface area contributed by atoms with Crippen molar-refractivity contribution in [2.45, 2.75) is 95.3 Å². The highest BCUT2D eigenvalue weighted by atomic mass is 16.9. The van der Waals surface area contributed by atoms with Crippen molar-refractivity contribution in [3.63, 3.8) is 0 Å². The first-order valence-corrected chi connectivity index (χ1v) is 12.3. The first-order valence-electron chi connectivity index (χ1n) is 12.3. The summed E-state index contributed by atoms with van der Waals surface area (Å²) in [7, 11) is 0. The van der Waals surface area contributed by atoms with Crippen molar-refractivity contribution in [2.24, 2.45) is 28.6 Å². The second-order valence-corrected chi connectivity index (χ2v) is 12.2. The summed E-state index contributed by atoms with van der Waals surface area (Å²) in [5, 5.41) is 45.7. The predicted octanol–water partition coefficient (Wildman–Crippen LogP) is 1.32. The zero-order valence-electron chi connectivity index (χ0n) is 19.6. The Bertz CT molecular complexity index is 1010. The van der Waals surface area contributed by atoms with Crippen LogP contribution in [0.3, 0.4) is 0 Å². The zero-order valence-corrected chi connectivity index (χ0v) is 19.6. The highest BCUT2D eigenvalue weighted by molar-refractivity contribution is 5.42. The standard InChI is InChI=1S/C25H34O8/c1-11(2)13-9-15(26)22(4)8-7-21(3)14(16(13)22)6-5-12-17-18(21)31-20-24(17,28)25(29)23(27,10-30-20)32-19(12)33-25/h5,11,14-15,17-20,26-29H,6-10H2,1-4H3/t14-,15+,17-,18+,19+,20+,21-,22+,23?,24+,25+/m1/s1. The van der Waals surface area contributed by atoms with Gasteiger partial charge in [0.05, 0.1) is 18.1 Å². The molecule has 0 spiro atoms. The minimum Gasteiger partial charge on any atom is -0.392 e. The van der Waals surface area contributed by atoms with E-state index >= 15 is 0 Å². The highest BCUT2D eigenvalue weighted by Crippen LogP contribution is 2.70. The Morgan fingerprint density at radius 1 is 1.09 bits per heavy atom. The topological polar surface area (TPSA) is 118 Å². The number of fused-ring (bicyclic) bond motifs is 6. The molecule has 33 heavy (non-hydrogen) atoms. The maximum atomic E-state index is 12.0. The van der Waals surface area contributed by atoms with Gasteiger partial charge in [-0.1, -0.05) is 44.9 Å². The lowest BCUT2D eigenvalue weighted by atomic mass is 9.52. The Balaban J connectivity index is 1.43. The van der Waals surface area contributed by atoms with Crippen LogP contribution < -0.4 is 0 Å². The number of hydrogen-bond donors (Lipinski definition) is 4. The molecule has 7 rings (SSSR count). The van der Waals surface area contributed by atoms with Gasteiger partial charge in [0.25, 0.3) is 11.6 Å². The molecular formula is C25H34O8. The molecule has 5 fully saturated rings. The summed E-state index contributed by atoms with van der Waals surface area (Å²) in [4.78, 5) is 0. The Morgan fingerprint density at radius 3 is 2.58 bits per heavy atom. The van der Waals surface area contributed by atoms with E-state index in [2.05, 4.69) is 33.8 Å². The summed E-state index contributed by atoms with van der Waals surface area (Å²) in [6.07, 6.45) is 2.11. The molecule has 4 aliphatic heterocycles. The van der Waals surface area contributed by atoms with Crippen LogP contribution in [0, 0.1) is 28.6 Å². The van der Waals surface area contributed by atoms with E-state index in [1.54, 1.807) is 0 Å². The Hall–Kier alpha value is -0.840. The van der Waals surface area contributed by atoms with E-state index in [0.29, 0.717) is 24.3 Å². The van der Waals surface area contributed by atoms with Gasteiger partial charge < -0.3 is 39.4 Å². The number of rotatable bonds is 1. The van der Waals surface area contributed by atoms with Gasteiger partial charge >= 0.3 is 0 Å². The second kappa shape index (κ2) is 5.93. The van der Waals surface area contributed by atoms with Crippen molar-refractivity contribution < 1.29 is 39.4 Å². The van der Waals surface area contributed by atoms with E-state index < -0.39 is 47.9 Å². The van der Waals surface area contributed by atoms with Crippen molar-refractivity contribution in [3.05, 3.63) is 22.8 Å². The zero-order chi connectivity index (χ0) is 23.3. The van der Waals surface area contributed by atoms with Gasteiger partial charge in [-0.15, -0.1) is 0 Å². The Morgan fingerprint density at radius 2 is 1.85 bits per heavy atom. The predicted molar refractivity (Wildman–Crippen MR) is 113 cm³/mol. The third-order valence-corrected chi connectivity index (χ3v) is 10.5. The second-order valence-electron chi connectivity index (χ2n) is 12.2. The lowest BCUT2D eigenvalue weighted by Gasteiger charge is -2.54. The van der Waals surface area contributed by atoms with Crippen LogP contribution >= 0.6 is 0 Å². The fraction of sp³-hybridized carbons (Fsp3) is 0.840. The summed E-state index contributed by atoms with van der Waals surface area (Å²) in [6, 6.07) is 0. The fourth-order valence-corrected chi connectivity index (χ4v) is 8.53. The molecule has 4 N–H and O–H groups in total. The van der Waals surface area contributed by atoms with Gasteiger partial charge in [-0.05, 0) is 43.1 Å². The molecule has 1 saturated carbocycles. The van der Waals surface area contributed by atoms with Gasteiger partial charge in [-0.2, -0.15) is 0 Å². The Labute approximate surface area is 193 Å². The molecule has 0 amide bonds. The number of allylic oxidation sites excluding steroid dienone is 1. The van der Waals surface area contributed by atoms with E-state index in [1.165, 1.54) is 11.1 Å². The van der Waals surface area contributed by atoms with Crippen molar-refractivity contribution in [1.82, 2.24) is 0 Å². The van der Waals surface area contributed by atoms with Crippen LogP contribution in [0.15, 0.2) is 22.8 Å². The van der Waals surface area contributed by atoms with Crippen LogP contribution in [0.1, 0.15) is 53.4 Å². The molecule has 7 aliphatic rings. The lowest BCUT2D eigenvalue weighted by Crippen LogP contribution is -2.77. The van der Waals surface area contributed by atoms with Crippen LogP contribution in [0.2, 0.25) is 0 Å². The molecule has 4 heterocycles. The summed E-state index contributed by atoms with van der Waals surface area (Å²) >= 11 is 0. The third kappa shape index (κ3) is 2.07. The molecule has 8 nitrogen and oxygen atoms in total. The maximum absolute atomic E-state index is 12.0. The van der Waals surface area contributed by atoms with Crippen LogP contribution in [-0.4, -0.2) is 69.0 Å². The average molecular weight is 463 g/mol. The SMILES string of the molecule is CC(C)C1=C2[C@H]3CC=C4[C@H]5OC6(O)CO[C@H]7O[C@@H]([C@@H]4[C@@]7(O)[C@@]6(O)O5)[C@]3(C)CC[C@@]2(C)[C@@H](O)C1. The molecule has 0 aromatic heterocycles. The smallest absolute Gasteiger partial charge is 0.261 e.